The first kappa shape index (κ1) is 16.1. The Kier molecular flexibility index (Phi) is 4.52. The average Bonchev–Trinajstić information content (AvgIpc) is 2.96. The van der Waals surface area contributed by atoms with Gasteiger partial charge in [-0.2, -0.15) is 4.99 Å². The van der Waals surface area contributed by atoms with Gasteiger partial charge in [-0.25, -0.2) is 4.39 Å². The number of nitrogens with zero attached hydrogens (tertiary/aromatic N) is 2. The second-order valence-electron chi connectivity index (χ2n) is 5.21. The molecule has 0 saturated heterocycles. The third-order valence-electron chi connectivity index (χ3n) is 3.44. The van der Waals surface area contributed by atoms with Crippen LogP contribution in [0.3, 0.4) is 0 Å². The number of benzene rings is 1. The van der Waals surface area contributed by atoms with Crippen LogP contribution in [-0.2, 0) is 6.54 Å². The topological polar surface area (TPSA) is 67.2 Å². The molecule has 0 fully saturated rings. The first-order valence-corrected chi connectivity index (χ1v) is 8.09. The summed E-state index contributed by atoms with van der Waals surface area (Å²) in [4.78, 5) is 31.1. The molecule has 3 rings (SSSR count). The molecule has 0 saturated carbocycles. The Morgan fingerprint density at radius 3 is 2.83 bits per heavy atom. The van der Waals surface area contributed by atoms with Crippen LogP contribution >= 0.6 is 11.3 Å². The SMILES string of the molecule is Cc1ccc(C(=O)N=c2sccn2Cc2ccccc2F)c(=O)[nH]1. The number of pyridine rings is 1. The van der Waals surface area contributed by atoms with Crippen LogP contribution in [0.2, 0.25) is 0 Å². The lowest BCUT2D eigenvalue weighted by molar-refractivity contribution is 0.0996. The predicted molar refractivity (Wildman–Crippen MR) is 89.5 cm³/mol. The maximum absolute atomic E-state index is 13.8. The molecule has 7 heteroatoms. The van der Waals surface area contributed by atoms with E-state index >= 15 is 0 Å². The summed E-state index contributed by atoms with van der Waals surface area (Å²) in [6.07, 6.45) is 1.72. The van der Waals surface area contributed by atoms with Crippen LogP contribution in [0.25, 0.3) is 0 Å². The second-order valence-corrected chi connectivity index (χ2v) is 6.08. The van der Waals surface area contributed by atoms with E-state index < -0.39 is 11.5 Å². The van der Waals surface area contributed by atoms with E-state index in [-0.39, 0.29) is 17.9 Å². The van der Waals surface area contributed by atoms with Crippen LogP contribution in [0.15, 0.2) is 57.8 Å². The Bertz CT molecular complexity index is 1020. The lowest BCUT2D eigenvalue weighted by atomic mass is 10.2. The Hall–Kier alpha value is -2.80. The number of nitrogens with one attached hydrogen (secondary N) is 1. The lowest BCUT2D eigenvalue weighted by Crippen LogP contribution is -2.21. The fraction of sp³-hybridized carbons (Fsp3) is 0.118. The molecule has 1 N–H and O–H groups in total. The molecular weight excluding hydrogens is 329 g/mol. The lowest BCUT2D eigenvalue weighted by Gasteiger charge is -2.04. The minimum absolute atomic E-state index is 0.0218. The number of aryl methyl sites for hydroxylation is 1. The van der Waals surface area contributed by atoms with Gasteiger partial charge in [0.05, 0.1) is 6.54 Å². The van der Waals surface area contributed by atoms with E-state index in [4.69, 9.17) is 0 Å². The monoisotopic (exact) mass is 343 g/mol. The van der Waals surface area contributed by atoms with Gasteiger partial charge < -0.3 is 9.55 Å². The minimum Gasteiger partial charge on any atom is -0.326 e. The molecule has 0 spiro atoms. The van der Waals surface area contributed by atoms with Crippen molar-refractivity contribution in [3.8, 4) is 0 Å². The van der Waals surface area contributed by atoms with Crippen molar-refractivity contribution < 1.29 is 9.18 Å². The van der Waals surface area contributed by atoms with Crippen LogP contribution in [-0.4, -0.2) is 15.5 Å². The number of amides is 1. The molecule has 5 nitrogen and oxygen atoms in total. The number of rotatable bonds is 3. The molecule has 1 amide bonds. The zero-order valence-electron chi connectivity index (χ0n) is 12.8. The number of halogens is 1. The van der Waals surface area contributed by atoms with Crippen LogP contribution in [0.5, 0.6) is 0 Å². The Labute approximate surface area is 140 Å². The van der Waals surface area contributed by atoms with E-state index in [0.717, 1.165) is 0 Å². The standard InChI is InChI=1S/C17H14FN3O2S/c1-11-6-7-13(15(22)19-11)16(23)20-17-21(8-9-24-17)10-12-4-2-3-5-14(12)18/h2-9H,10H2,1H3,(H,19,22). The predicted octanol–water partition coefficient (Wildman–Crippen LogP) is 2.47. The molecular formula is C17H14FN3O2S. The van der Waals surface area contributed by atoms with Crippen molar-refractivity contribution in [1.82, 2.24) is 9.55 Å². The highest BCUT2D eigenvalue weighted by atomic mass is 32.1. The molecule has 2 aromatic heterocycles. The molecule has 0 aliphatic carbocycles. The minimum atomic E-state index is -0.624. The second kappa shape index (κ2) is 6.76. The molecule has 0 radical (unpaired) electrons. The number of hydrogen-bond donors (Lipinski definition) is 1. The van der Waals surface area contributed by atoms with Crippen LogP contribution < -0.4 is 10.4 Å². The number of aromatic amines is 1. The summed E-state index contributed by atoms with van der Waals surface area (Å²) in [6, 6.07) is 9.53. The zero-order chi connectivity index (χ0) is 17.1. The average molecular weight is 343 g/mol. The highest BCUT2D eigenvalue weighted by Crippen LogP contribution is 2.08. The third-order valence-corrected chi connectivity index (χ3v) is 4.24. The Morgan fingerprint density at radius 2 is 2.08 bits per heavy atom. The normalized spacial score (nSPS) is 11.7. The van der Waals surface area contributed by atoms with E-state index in [2.05, 4.69) is 9.98 Å². The van der Waals surface area contributed by atoms with Crippen molar-refractivity contribution in [3.05, 3.63) is 85.8 Å². The van der Waals surface area contributed by atoms with Gasteiger partial charge in [0.2, 0.25) is 0 Å². The summed E-state index contributed by atoms with van der Waals surface area (Å²) in [7, 11) is 0. The van der Waals surface area contributed by atoms with Gasteiger partial charge >= 0.3 is 0 Å². The van der Waals surface area contributed by atoms with Gasteiger partial charge in [0.1, 0.15) is 11.4 Å². The van der Waals surface area contributed by atoms with Gasteiger partial charge in [0, 0.05) is 22.8 Å². The van der Waals surface area contributed by atoms with E-state index in [9.17, 15) is 14.0 Å². The molecule has 0 aliphatic heterocycles. The van der Waals surface area contributed by atoms with Gasteiger partial charge in [0.15, 0.2) is 4.80 Å². The summed E-state index contributed by atoms with van der Waals surface area (Å²) in [5.74, 6) is -0.940. The number of hydrogen-bond acceptors (Lipinski definition) is 3. The van der Waals surface area contributed by atoms with Crippen LogP contribution in [0.1, 0.15) is 21.6 Å². The summed E-state index contributed by atoms with van der Waals surface area (Å²) in [5, 5.41) is 1.76. The maximum atomic E-state index is 13.8. The number of aromatic nitrogens is 2. The smallest absolute Gasteiger partial charge is 0.285 e. The number of H-pyrrole nitrogens is 1. The van der Waals surface area contributed by atoms with E-state index in [0.29, 0.717) is 16.1 Å². The van der Waals surface area contributed by atoms with E-state index in [1.807, 2.05) is 0 Å². The number of carbonyl (C=O) groups is 1. The van der Waals surface area contributed by atoms with Gasteiger partial charge in [-0.05, 0) is 25.1 Å². The fourth-order valence-electron chi connectivity index (χ4n) is 2.20. The van der Waals surface area contributed by atoms with Crippen LogP contribution in [0, 0.1) is 12.7 Å². The summed E-state index contributed by atoms with van der Waals surface area (Å²) >= 11 is 1.25. The molecule has 1 aromatic carbocycles. The first-order chi connectivity index (χ1) is 11.5. The highest BCUT2D eigenvalue weighted by molar-refractivity contribution is 7.07. The van der Waals surface area contributed by atoms with Gasteiger partial charge in [-0.1, -0.05) is 18.2 Å². The Balaban J connectivity index is 1.95. The number of carbonyl (C=O) groups excluding carboxylic acids is 1. The van der Waals surface area contributed by atoms with Gasteiger partial charge in [-0.3, -0.25) is 9.59 Å². The summed E-state index contributed by atoms with van der Waals surface area (Å²) in [5.41, 5.74) is 0.674. The molecule has 0 bridgehead atoms. The molecule has 0 aliphatic rings. The van der Waals surface area contributed by atoms with Crippen molar-refractivity contribution in [2.24, 2.45) is 4.99 Å². The summed E-state index contributed by atoms with van der Waals surface area (Å²) in [6.45, 7) is 1.99. The van der Waals surface area contributed by atoms with E-state index in [1.165, 1.54) is 23.5 Å². The molecule has 24 heavy (non-hydrogen) atoms. The zero-order valence-corrected chi connectivity index (χ0v) is 13.6. The molecule has 3 aromatic rings. The molecule has 0 unspecified atom stereocenters. The largest absolute Gasteiger partial charge is 0.326 e. The highest BCUT2D eigenvalue weighted by Gasteiger charge is 2.10. The molecule has 0 atom stereocenters. The van der Waals surface area contributed by atoms with Gasteiger partial charge in [-0.15, -0.1) is 11.3 Å². The first-order valence-electron chi connectivity index (χ1n) is 7.21. The summed E-state index contributed by atoms with van der Waals surface area (Å²) < 4.78 is 15.4. The fourth-order valence-corrected chi connectivity index (χ4v) is 2.93. The van der Waals surface area contributed by atoms with Gasteiger partial charge in [0.25, 0.3) is 11.5 Å². The molecule has 2 heterocycles. The number of thiazole rings is 1. The van der Waals surface area contributed by atoms with Crippen molar-refractivity contribution >= 4 is 17.2 Å². The van der Waals surface area contributed by atoms with Crippen molar-refractivity contribution in [2.75, 3.05) is 0 Å². The van der Waals surface area contributed by atoms with Crippen molar-refractivity contribution in [1.29, 1.82) is 0 Å². The third kappa shape index (κ3) is 3.41. The van der Waals surface area contributed by atoms with Crippen LogP contribution in [0.4, 0.5) is 4.39 Å². The Morgan fingerprint density at radius 1 is 1.29 bits per heavy atom. The van der Waals surface area contributed by atoms with E-state index in [1.54, 1.807) is 47.3 Å². The quantitative estimate of drug-likeness (QED) is 0.794. The molecule has 122 valence electrons. The van der Waals surface area contributed by atoms with Crippen molar-refractivity contribution in [2.45, 2.75) is 13.5 Å². The maximum Gasteiger partial charge on any atom is 0.285 e. The van der Waals surface area contributed by atoms with Crippen molar-refractivity contribution in [3.63, 3.8) is 0 Å².